The second kappa shape index (κ2) is 7.88. The third-order valence-corrected chi connectivity index (χ3v) is 5.03. The second-order valence-electron chi connectivity index (χ2n) is 5.67. The molecule has 1 aliphatic heterocycles. The molecule has 1 heterocycles. The first-order chi connectivity index (χ1) is 11.8. The zero-order valence-electron chi connectivity index (χ0n) is 14.3. The van der Waals surface area contributed by atoms with E-state index in [0.717, 1.165) is 16.7 Å². The van der Waals surface area contributed by atoms with E-state index >= 15 is 0 Å². The fourth-order valence-corrected chi connectivity index (χ4v) is 3.81. The summed E-state index contributed by atoms with van der Waals surface area (Å²) in [4.78, 5) is 25.6. The number of carbonyl (C=O) groups excluding carboxylic acids is 2. The lowest BCUT2D eigenvalue weighted by atomic mass is 10.0. The molecule has 0 aromatic heterocycles. The molecule has 0 N–H and O–H groups in total. The maximum absolute atomic E-state index is 12.7. The van der Waals surface area contributed by atoms with Crippen molar-refractivity contribution in [3.8, 4) is 11.5 Å². The topological polar surface area (TPSA) is 78.9 Å². The number of thiocarbonyl (C=S) groups is 1. The minimum atomic E-state index is -1.33. The molecule has 0 bridgehead atoms. The fourth-order valence-electron chi connectivity index (χ4n) is 2.49. The molecule has 1 atom stereocenters. The van der Waals surface area contributed by atoms with Crippen LogP contribution in [0.4, 0.5) is 0 Å². The van der Waals surface area contributed by atoms with E-state index < -0.39 is 17.9 Å². The third kappa shape index (κ3) is 3.96. The highest BCUT2D eigenvalue weighted by atomic mass is 32.2. The average molecular weight is 380 g/mol. The highest BCUT2D eigenvalue weighted by Gasteiger charge is 2.39. The Morgan fingerprint density at radius 2 is 2.00 bits per heavy atom. The third-order valence-electron chi connectivity index (χ3n) is 3.70. The maximum atomic E-state index is 12.7. The van der Waals surface area contributed by atoms with Gasteiger partial charge in [-0.3, -0.25) is 9.69 Å². The number of ether oxygens (including phenoxy) is 2. The first kappa shape index (κ1) is 19.3. The van der Waals surface area contributed by atoms with E-state index in [1.54, 1.807) is 38.1 Å². The Kier molecular flexibility index (Phi) is 6.07. The first-order valence-corrected chi connectivity index (χ1v) is 8.72. The number of thioether (sulfide) groups is 1. The summed E-state index contributed by atoms with van der Waals surface area (Å²) in [5.41, 5.74) is 0.636. The molecular formula is C17H18NO5S2-. The van der Waals surface area contributed by atoms with Gasteiger partial charge in [-0.25, -0.2) is 0 Å². The molecule has 6 nitrogen and oxygen atoms in total. The minimum absolute atomic E-state index is 0.195. The van der Waals surface area contributed by atoms with Gasteiger partial charge < -0.3 is 19.4 Å². The van der Waals surface area contributed by atoms with Crippen molar-refractivity contribution in [1.29, 1.82) is 0 Å². The van der Waals surface area contributed by atoms with Crippen molar-refractivity contribution >= 4 is 46.3 Å². The lowest BCUT2D eigenvalue weighted by Crippen LogP contribution is -2.52. The lowest BCUT2D eigenvalue weighted by molar-refractivity contribution is -0.311. The molecule has 25 heavy (non-hydrogen) atoms. The van der Waals surface area contributed by atoms with Gasteiger partial charge in [-0.1, -0.05) is 37.8 Å². The van der Waals surface area contributed by atoms with E-state index in [2.05, 4.69) is 0 Å². The molecule has 1 amide bonds. The SMILES string of the molecule is COc1ccc(OC)c(/C=C2\SC(=S)N([C@@H](C(=O)[O-])C(C)C)C2=O)c1. The molecule has 0 spiro atoms. The van der Waals surface area contributed by atoms with Crippen LogP contribution in [0.1, 0.15) is 19.4 Å². The lowest BCUT2D eigenvalue weighted by Gasteiger charge is -2.30. The highest BCUT2D eigenvalue weighted by molar-refractivity contribution is 8.26. The Hall–Kier alpha value is -2.06. The summed E-state index contributed by atoms with van der Waals surface area (Å²) in [7, 11) is 3.06. The number of aliphatic carboxylic acids is 1. The van der Waals surface area contributed by atoms with E-state index in [9.17, 15) is 14.7 Å². The van der Waals surface area contributed by atoms with Crippen LogP contribution in [-0.2, 0) is 9.59 Å². The Bertz CT molecular complexity index is 745. The maximum Gasteiger partial charge on any atom is 0.266 e. The van der Waals surface area contributed by atoms with Crippen LogP contribution in [-0.4, -0.2) is 41.4 Å². The second-order valence-corrected chi connectivity index (χ2v) is 7.34. The number of nitrogens with zero attached hydrogens (tertiary/aromatic N) is 1. The normalized spacial score (nSPS) is 17.3. The number of carboxylic acid groups (broad SMARTS) is 1. The zero-order chi connectivity index (χ0) is 18.7. The van der Waals surface area contributed by atoms with Crippen LogP contribution in [0.5, 0.6) is 11.5 Å². The van der Waals surface area contributed by atoms with Crippen LogP contribution < -0.4 is 14.6 Å². The van der Waals surface area contributed by atoms with Gasteiger partial charge in [0, 0.05) is 5.56 Å². The predicted octanol–water partition coefficient (Wildman–Crippen LogP) is 1.68. The number of benzene rings is 1. The largest absolute Gasteiger partial charge is 0.548 e. The van der Waals surface area contributed by atoms with E-state index in [0.29, 0.717) is 22.0 Å². The first-order valence-electron chi connectivity index (χ1n) is 7.50. The van der Waals surface area contributed by atoms with E-state index in [1.807, 2.05) is 0 Å². The van der Waals surface area contributed by atoms with Gasteiger partial charge in [0.25, 0.3) is 5.91 Å². The van der Waals surface area contributed by atoms with Crippen molar-refractivity contribution in [1.82, 2.24) is 4.90 Å². The summed E-state index contributed by atoms with van der Waals surface area (Å²) in [5.74, 6) is -0.948. The van der Waals surface area contributed by atoms with E-state index in [1.165, 1.54) is 14.2 Å². The fraction of sp³-hybridized carbons (Fsp3) is 0.353. The number of hydrogen-bond donors (Lipinski definition) is 0. The van der Waals surface area contributed by atoms with Crippen molar-refractivity contribution in [3.05, 3.63) is 28.7 Å². The Morgan fingerprint density at radius 1 is 1.32 bits per heavy atom. The molecule has 0 radical (unpaired) electrons. The standard InChI is InChI=1S/C17H19NO5S2/c1-9(2)14(16(20)21)18-15(19)13(25-17(18)24)8-10-7-11(22-3)5-6-12(10)23-4/h5-9,14H,1-4H3,(H,20,21)/p-1/b13-8-/t14-/m1/s1. The highest BCUT2D eigenvalue weighted by Crippen LogP contribution is 2.37. The summed E-state index contributed by atoms with van der Waals surface area (Å²) in [6.07, 6.45) is 1.62. The number of amides is 1. The number of hydrogen-bond acceptors (Lipinski definition) is 7. The Morgan fingerprint density at radius 3 is 2.52 bits per heavy atom. The van der Waals surface area contributed by atoms with Gasteiger partial charge in [0.15, 0.2) is 0 Å². The number of carboxylic acids is 1. The summed E-state index contributed by atoms with van der Waals surface area (Å²) >= 11 is 6.27. The van der Waals surface area contributed by atoms with Crippen LogP contribution in [0.3, 0.4) is 0 Å². The molecule has 8 heteroatoms. The van der Waals surface area contributed by atoms with Crippen molar-refractivity contribution < 1.29 is 24.2 Å². The molecule has 2 rings (SSSR count). The van der Waals surface area contributed by atoms with Gasteiger partial charge in [0.2, 0.25) is 0 Å². The monoisotopic (exact) mass is 380 g/mol. The van der Waals surface area contributed by atoms with Crippen LogP contribution in [0.25, 0.3) is 6.08 Å². The van der Waals surface area contributed by atoms with Crippen LogP contribution >= 0.6 is 24.0 Å². The summed E-state index contributed by atoms with van der Waals surface area (Å²) in [5, 5.41) is 11.4. The molecule has 1 aromatic rings. The molecular weight excluding hydrogens is 362 g/mol. The van der Waals surface area contributed by atoms with Gasteiger partial charge >= 0.3 is 0 Å². The smallest absolute Gasteiger partial charge is 0.266 e. The molecule has 0 aliphatic carbocycles. The van der Waals surface area contributed by atoms with Crippen LogP contribution in [0.15, 0.2) is 23.1 Å². The van der Waals surface area contributed by atoms with Crippen molar-refractivity contribution in [2.75, 3.05) is 14.2 Å². The van der Waals surface area contributed by atoms with Gasteiger partial charge in [-0.05, 0) is 30.2 Å². The van der Waals surface area contributed by atoms with Crippen molar-refractivity contribution in [2.24, 2.45) is 5.92 Å². The van der Waals surface area contributed by atoms with Crippen molar-refractivity contribution in [3.63, 3.8) is 0 Å². The molecule has 134 valence electrons. The Labute approximate surface area is 155 Å². The van der Waals surface area contributed by atoms with Gasteiger partial charge in [0.05, 0.1) is 31.1 Å². The molecule has 0 saturated carbocycles. The average Bonchev–Trinajstić information content (AvgIpc) is 2.82. The minimum Gasteiger partial charge on any atom is -0.548 e. The van der Waals surface area contributed by atoms with E-state index in [-0.39, 0.29) is 10.2 Å². The predicted molar refractivity (Wildman–Crippen MR) is 98.2 cm³/mol. The zero-order valence-corrected chi connectivity index (χ0v) is 15.9. The Balaban J connectivity index is 2.42. The number of carbonyl (C=O) groups is 2. The molecule has 1 aliphatic rings. The van der Waals surface area contributed by atoms with Gasteiger partial charge in [-0.15, -0.1) is 0 Å². The molecule has 0 unspecified atom stereocenters. The molecule has 1 saturated heterocycles. The summed E-state index contributed by atoms with van der Waals surface area (Å²) in [6, 6.07) is 4.09. The van der Waals surface area contributed by atoms with E-state index in [4.69, 9.17) is 21.7 Å². The van der Waals surface area contributed by atoms with Gasteiger partial charge in [0.1, 0.15) is 15.8 Å². The van der Waals surface area contributed by atoms with Crippen molar-refractivity contribution in [2.45, 2.75) is 19.9 Å². The van der Waals surface area contributed by atoms with Crippen LogP contribution in [0, 0.1) is 5.92 Å². The quantitative estimate of drug-likeness (QED) is 0.549. The summed E-state index contributed by atoms with van der Waals surface area (Å²) < 4.78 is 10.7. The number of methoxy groups -OCH3 is 2. The summed E-state index contributed by atoms with van der Waals surface area (Å²) in [6.45, 7) is 3.40. The molecule has 1 aromatic carbocycles. The molecule has 1 fully saturated rings. The van der Waals surface area contributed by atoms with Gasteiger partial charge in [-0.2, -0.15) is 0 Å². The number of rotatable bonds is 6. The van der Waals surface area contributed by atoms with Crippen LogP contribution in [0.2, 0.25) is 0 Å².